The number of halogens is 3. The van der Waals surface area contributed by atoms with E-state index in [-0.39, 0.29) is 18.5 Å². The van der Waals surface area contributed by atoms with Crippen LogP contribution in [0.4, 0.5) is 18.9 Å². The third kappa shape index (κ3) is 4.12. The Balaban J connectivity index is 2.18. The molecular formula is C16H16F3NO3. The van der Waals surface area contributed by atoms with Gasteiger partial charge < -0.3 is 10.4 Å². The van der Waals surface area contributed by atoms with Crippen molar-refractivity contribution in [2.24, 2.45) is 11.8 Å². The number of carbonyl (C=O) groups excluding carboxylic acids is 1. The highest BCUT2D eigenvalue weighted by Gasteiger charge is 2.36. The molecule has 0 unspecified atom stereocenters. The molecule has 2 atom stereocenters. The second-order valence-corrected chi connectivity index (χ2v) is 5.61. The second-order valence-electron chi connectivity index (χ2n) is 5.61. The van der Waals surface area contributed by atoms with Gasteiger partial charge in [-0.2, -0.15) is 13.2 Å². The van der Waals surface area contributed by atoms with Gasteiger partial charge in [0.2, 0.25) is 5.91 Å². The summed E-state index contributed by atoms with van der Waals surface area (Å²) in [5.74, 6) is -3.33. The van der Waals surface area contributed by atoms with Gasteiger partial charge in [-0.25, -0.2) is 0 Å². The molecule has 2 rings (SSSR count). The van der Waals surface area contributed by atoms with Gasteiger partial charge in [0.15, 0.2) is 0 Å². The summed E-state index contributed by atoms with van der Waals surface area (Å²) in [6.07, 6.45) is -2.22. The third-order valence-electron chi connectivity index (χ3n) is 3.86. The molecule has 124 valence electrons. The molecule has 1 aliphatic carbocycles. The molecule has 23 heavy (non-hydrogen) atoms. The van der Waals surface area contributed by atoms with Gasteiger partial charge in [-0.1, -0.05) is 17.7 Å². The highest BCUT2D eigenvalue weighted by molar-refractivity contribution is 5.95. The van der Waals surface area contributed by atoms with E-state index < -0.39 is 35.5 Å². The fraction of sp³-hybridized carbons (Fsp3) is 0.375. The fourth-order valence-corrected chi connectivity index (χ4v) is 2.62. The van der Waals surface area contributed by atoms with Crippen molar-refractivity contribution < 1.29 is 27.9 Å². The molecule has 1 aromatic carbocycles. The number of hydrogen-bond acceptors (Lipinski definition) is 2. The number of allylic oxidation sites excluding steroid dienone is 2. The summed E-state index contributed by atoms with van der Waals surface area (Å²) in [4.78, 5) is 23.6. The number of nitrogens with one attached hydrogen (secondary N) is 1. The smallest absolute Gasteiger partial charge is 0.416 e. The topological polar surface area (TPSA) is 66.4 Å². The first-order chi connectivity index (χ1) is 10.7. The molecule has 0 aromatic heterocycles. The number of benzene rings is 1. The Morgan fingerprint density at radius 1 is 1.26 bits per heavy atom. The van der Waals surface area contributed by atoms with Crippen LogP contribution in [0.3, 0.4) is 0 Å². The van der Waals surface area contributed by atoms with Gasteiger partial charge in [-0.3, -0.25) is 9.59 Å². The number of carboxylic acids is 1. The van der Waals surface area contributed by atoms with Gasteiger partial charge >= 0.3 is 12.1 Å². The monoisotopic (exact) mass is 327 g/mol. The van der Waals surface area contributed by atoms with Crippen molar-refractivity contribution in [2.45, 2.75) is 25.9 Å². The van der Waals surface area contributed by atoms with E-state index in [1.54, 1.807) is 13.0 Å². The van der Waals surface area contributed by atoms with E-state index in [4.69, 9.17) is 0 Å². The average molecular weight is 327 g/mol. The van der Waals surface area contributed by atoms with Crippen molar-refractivity contribution in [1.82, 2.24) is 0 Å². The lowest BCUT2D eigenvalue weighted by Gasteiger charge is -2.26. The lowest BCUT2D eigenvalue weighted by Crippen LogP contribution is -2.35. The third-order valence-corrected chi connectivity index (χ3v) is 3.86. The molecule has 0 bridgehead atoms. The van der Waals surface area contributed by atoms with Crippen LogP contribution in [-0.2, 0) is 15.8 Å². The zero-order chi connectivity index (χ0) is 17.2. The first kappa shape index (κ1) is 17.1. The molecule has 0 saturated carbocycles. The van der Waals surface area contributed by atoms with Crippen LogP contribution in [0.5, 0.6) is 0 Å². The Hall–Kier alpha value is -2.31. The van der Waals surface area contributed by atoms with Crippen LogP contribution in [-0.4, -0.2) is 17.0 Å². The highest BCUT2D eigenvalue weighted by atomic mass is 19.4. The van der Waals surface area contributed by atoms with Crippen LogP contribution in [0, 0.1) is 11.8 Å². The Morgan fingerprint density at radius 3 is 2.57 bits per heavy atom. The van der Waals surface area contributed by atoms with Crippen molar-refractivity contribution in [3.05, 3.63) is 41.5 Å². The number of alkyl halides is 3. The molecular weight excluding hydrogens is 311 g/mol. The largest absolute Gasteiger partial charge is 0.481 e. The summed E-state index contributed by atoms with van der Waals surface area (Å²) >= 11 is 0. The number of aliphatic carboxylic acids is 1. The molecule has 0 fully saturated rings. The van der Waals surface area contributed by atoms with E-state index in [0.717, 1.165) is 17.7 Å². The van der Waals surface area contributed by atoms with Crippen LogP contribution in [0.15, 0.2) is 35.9 Å². The predicted molar refractivity (Wildman–Crippen MR) is 77.7 cm³/mol. The predicted octanol–water partition coefficient (Wildman–Crippen LogP) is 3.70. The number of anilines is 1. The zero-order valence-corrected chi connectivity index (χ0v) is 12.4. The second kappa shape index (κ2) is 6.44. The molecule has 1 aliphatic rings. The Kier molecular flexibility index (Phi) is 4.77. The van der Waals surface area contributed by atoms with Gasteiger partial charge in [0.05, 0.1) is 17.4 Å². The van der Waals surface area contributed by atoms with E-state index in [2.05, 4.69) is 5.32 Å². The SMILES string of the molecule is CC1=CC[C@H](C(=O)O)[C@@H](C(=O)Nc2cccc(C(F)(F)F)c2)C1. The van der Waals surface area contributed by atoms with E-state index in [9.17, 15) is 27.9 Å². The van der Waals surface area contributed by atoms with Gasteiger partial charge in [0.25, 0.3) is 0 Å². The van der Waals surface area contributed by atoms with E-state index in [1.165, 1.54) is 12.1 Å². The molecule has 0 spiro atoms. The Morgan fingerprint density at radius 2 is 1.96 bits per heavy atom. The van der Waals surface area contributed by atoms with E-state index in [0.29, 0.717) is 0 Å². The Bertz CT molecular complexity index is 652. The first-order valence-electron chi connectivity index (χ1n) is 7.05. The fourth-order valence-electron chi connectivity index (χ4n) is 2.62. The zero-order valence-electron chi connectivity index (χ0n) is 12.4. The van der Waals surface area contributed by atoms with Crippen molar-refractivity contribution in [3.63, 3.8) is 0 Å². The van der Waals surface area contributed by atoms with Crippen LogP contribution in [0.2, 0.25) is 0 Å². The maximum Gasteiger partial charge on any atom is 0.416 e. The van der Waals surface area contributed by atoms with Crippen LogP contribution in [0.25, 0.3) is 0 Å². The average Bonchev–Trinajstić information content (AvgIpc) is 2.46. The van der Waals surface area contributed by atoms with Gasteiger partial charge in [-0.05, 0) is 38.0 Å². The molecule has 1 aromatic rings. The molecule has 7 heteroatoms. The maximum absolute atomic E-state index is 12.7. The Labute approximate surface area is 131 Å². The normalized spacial score (nSPS) is 21.5. The van der Waals surface area contributed by atoms with Crippen LogP contribution in [0.1, 0.15) is 25.3 Å². The summed E-state index contributed by atoms with van der Waals surface area (Å²) in [5.41, 5.74) is 0.0256. The van der Waals surface area contributed by atoms with E-state index in [1.807, 2.05) is 0 Å². The summed E-state index contributed by atoms with van der Waals surface area (Å²) in [6.45, 7) is 1.79. The minimum absolute atomic E-state index is 0.00108. The maximum atomic E-state index is 12.7. The molecule has 0 radical (unpaired) electrons. The number of hydrogen-bond donors (Lipinski definition) is 2. The molecule has 2 N–H and O–H groups in total. The number of carboxylic acid groups (broad SMARTS) is 1. The summed E-state index contributed by atoms with van der Waals surface area (Å²) in [6, 6.07) is 4.27. The lowest BCUT2D eigenvalue weighted by molar-refractivity contribution is -0.146. The quantitative estimate of drug-likeness (QED) is 0.832. The molecule has 0 heterocycles. The van der Waals surface area contributed by atoms with E-state index >= 15 is 0 Å². The van der Waals surface area contributed by atoms with Gasteiger partial charge in [0.1, 0.15) is 0 Å². The molecule has 0 aliphatic heterocycles. The number of rotatable bonds is 3. The van der Waals surface area contributed by atoms with Crippen molar-refractivity contribution in [2.75, 3.05) is 5.32 Å². The number of carbonyl (C=O) groups is 2. The van der Waals surface area contributed by atoms with Gasteiger partial charge in [0, 0.05) is 5.69 Å². The number of amides is 1. The lowest BCUT2D eigenvalue weighted by atomic mass is 9.79. The molecule has 0 saturated heterocycles. The molecule has 1 amide bonds. The van der Waals surface area contributed by atoms with Crippen molar-refractivity contribution in [1.29, 1.82) is 0 Å². The summed E-state index contributed by atoms with van der Waals surface area (Å²) in [7, 11) is 0. The highest BCUT2D eigenvalue weighted by Crippen LogP contribution is 2.33. The van der Waals surface area contributed by atoms with Crippen molar-refractivity contribution in [3.8, 4) is 0 Å². The summed E-state index contributed by atoms with van der Waals surface area (Å²) in [5, 5.41) is 11.6. The summed E-state index contributed by atoms with van der Waals surface area (Å²) < 4.78 is 38.0. The van der Waals surface area contributed by atoms with Crippen LogP contribution < -0.4 is 5.32 Å². The first-order valence-corrected chi connectivity index (χ1v) is 7.05. The minimum Gasteiger partial charge on any atom is -0.481 e. The van der Waals surface area contributed by atoms with Crippen molar-refractivity contribution >= 4 is 17.6 Å². The minimum atomic E-state index is -4.51. The van der Waals surface area contributed by atoms with Crippen LogP contribution >= 0.6 is 0 Å². The standard InChI is InChI=1S/C16H16F3NO3/c1-9-5-6-12(15(22)23)13(7-9)14(21)20-11-4-2-3-10(8-11)16(17,18)19/h2-5,8,12-13H,6-7H2,1H3,(H,20,21)(H,22,23)/t12-,13-/m0/s1. The molecule has 4 nitrogen and oxygen atoms in total. The van der Waals surface area contributed by atoms with Gasteiger partial charge in [-0.15, -0.1) is 0 Å².